The Hall–Kier alpha value is -1.39. The van der Waals surface area contributed by atoms with E-state index in [1.807, 2.05) is 37.3 Å². The van der Waals surface area contributed by atoms with Gasteiger partial charge in [-0.2, -0.15) is 0 Å². The Balaban J connectivity index is 2.87. The number of nitrogens with two attached hydrogens (primary N) is 1. The number of carboxylic acids is 1. The molecule has 16 heavy (non-hydrogen) atoms. The smallest absolute Gasteiger partial charge is 0.334 e. The fraction of sp³-hybridized carbons (Fsp3) is 0.417. The van der Waals surface area contributed by atoms with Crippen LogP contribution in [0.1, 0.15) is 24.8 Å². The van der Waals surface area contributed by atoms with Crippen LogP contribution in [0.4, 0.5) is 0 Å². The van der Waals surface area contributed by atoms with Crippen LogP contribution in [0.3, 0.4) is 0 Å². The van der Waals surface area contributed by atoms with Crippen LogP contribution in [0.5, 0.6) is 0 Å². The second-order valence-corrected chi connectivity index (χ2v) is 3.79. The van der Waals surface area contributed by atoms with Crippen LogP contribution in [0, 0.1) is 0 Å². The minimum atomic E-state index is -1.52. The van der Waals surface area contributed by atoms with Gasteiger partial charge >= 0.3 is 5.97 Å². The first-order valence-corrected chi connectivity index (χ1v) is 5.29. The van der Waals surface area contributed by atoms with Crippen molar-refractivity contribution in [2.45, 2.75) is 31.4 Å². The fourth-order valence-electron chi connectivity index (χ4n) is 1.82. The molecule has 1 aromatic carbocycles. The Morgan fingerprint density at radius 1 is 1.38 bits per heavy atom. The topological polar surface area (TPSA) is 83.5 Å². The molecule has 0 saturated heterocycles. The van der Waals surface area contributed by atoms with Crippen molar-refractivity contribution in [3.05, 3.63) is 35.9 Å². The van der Waals surface area contributed by atoms with Gasteiger partial charge in [0.15, 0.2) is 6.10 Å². The molecule has 0 radical (unpaired) electrons. The maximum absolute atomic E-state index is 10.7. The highest BCUT2D eigenvalue weighted by Gasteiger charge is 2.29. The van der Waals surface area contributed by atoms with Gasteiger partial charge in [0.25, 0.3) is 0 Å². The van der Waals surface area contributed by atoms with E-state index in [1.54, 1.807) is 0 Å². The summed E-state index contributed by atoms with van der Waals surface area (Å²) in [4.78, 5) is 10.7. The van der Waals surface area contributed by atoms with Crippen LogP contribution >= 0.6 is 0 Å². The Kier molecular flexibility index (Phi) is 4.46. The van der Waals surface area contributed by atoms with Gasteiger partial charge in [-0.1, -0.05) is 37.3 Å². The monoisotopic (exact) mass is 223 g/mol. The van der Waals surface area contributed by atoms with E-state index in [9.17, 15) is 9.90 Å². The summed E-state index contributed by atoms with van der Waals surface area (Å²) in [6.45, 7) is 1.92. The zero-order valence-electron chi connectivity index (χ0n) is 9.21. The molecule has 0 fully saturated rings. The lowest BCUT2D eigenvalue weighted by atomic mass is 9.87. The molecule has 4 heteroatoms. The van der Waals surface area contributed by atoms with E-state index in [0.717, 1.165) is 5.56 Å². The van der Waals surface area contributed by atoms with Crippen LogP contribution in [0.25, 0.3) is 0 Å². The number of carbonyl (C=O) groups is 1. The van der Waals surface area contributed by atoms with Crippen molar-refractivity contribution in [3.63, 3.8) is 0 Å². The van der Waals surface area contributed by atoms with Crippen molar-refractivity contribution >= 4 is 5.97 Å². The molecule has 4 nitrogen and oxygen atoms in total. The minimum absolute atomic E-state index is 0.146. The number of aliphatic carboxylic acids is 1. The molecule has 0 aliphatic heterocycles. The van der Waals surface area contributed by atoms with Crippen LogP contribution in [-0.2, 0) is 4.79 Å². The third-order valence-corrected chi connectivity index (χ3v) is 2.75. The average Bonchev–Trinajstić information content (AvgIpc) is 2.30. The average molecular weight is 223 g/mol. The maximum atomic E-state index is 10.7. The number of rotatable bonds is 5. The lowest BCUT2D eigenvalue weighted by Gasteiger charge is -2.25. The van der Waals surface area contributed by atoms with Crippen molar-refractivity contribution in [1.29, 1.82) is 0 Å². The summed E-state index contributed by atoms with van der Waals surface area (Å²) >= 11 is 0. The molecule has 0 bridgehead atoms. The molecule has 0 aliphatic rings. The van der Waals surface area contributed by atoms with Crippen LogP contribution in [-0.4, -0.2) is 28.3 Å². The largest absolute Gasteiger partial charge is 0.479 e. The van der Waals surface area contributed by atoms with Gasteiger partial charge < -0.3 is 15.9 Å². The predicted octanol–water partition coefficient (Wildman–Crippen LogP) is 0.953. The molecule has 0 spiro atoms. The van der Waals surface area contributed by atoms with Gasteiger partial charge in [0.05, 0.1) is 0 Å². The van der Waals surface area contributed by atoms with Crippen LogP contribution in [0.2, 0.25) is 0 Å². The second kappa shape index (κ2) is 5.63. The number of hydrogen-bond donors (Lipinski definition) is 3. The Morgan fingerprint density at radius 2 is 1.94 bits per heavy atom. The summed E-state index contributed by atoms with van der Waals surface area (Å²) in [5, 5.41) is 18.1. The molecule has 3 atom stereocenters. The molecule has 0 saturated carbocycles. The van der Waals surface area contributed by atoms with Crippen molar-refractivity contribution in [2.24, 2.45) is 5.73 Å². The minimum Gasteiger partial charge on any atom is -0.479 e. The zero-order valence-corrected chi connectivity index (χ0v) is 9.21. The molecule has 1 aromatic rings. The first kappa shape index (κ1) is 12.7. The summed E-state index contributed by atoms with van der Waals surface area (Å²) in [5.74, 6) is -1.42. The molecule has 0 aliphatic carbocycles. The summed E-state index contributed by atoms with van der Waals surface area (Å²) in [7, 11) is 0. The van der Waals surface area contributed by atoms with E-state index in [-0.39, 0.29) is 5.92 Å². The normalized spacial score (nSPS) is 16.4. The number of aliphatic hydroxyl groups excluding tert-OH is 1. The highest BCUT2D eigenvalue weighted by atomic mass is 16.4. The quantitative estimate of drug-likeness (QED) is 0.694. The molecule has 4 N–H and O–H groups in total. The van der Waals surface area contributed by atoms with E-state index in [2.05, 4.69) is 0 Å². The highest BCUT2D eigenvalue weighted by Crippen LogP contribution is 2.23. The fourth-order valence-corrected chi connectivity index (χ4v) is 1.82. The van der Waals surface area contributed by atoms with Gasteiger partial charge in [-0.05, 0) is 12.0 Å². The molecular weight excluding hydrogens is 206 g/mol. The van der Waals surface area contributed by atoms with E-state index >= 15 is 0 Å². The molecule has 88 valence electrons. The van der Waals surface area contributed by atoms with E-state index in [0.29, 0.717) is 6.42 Å². The maximum Gasteiger partial charge on any atom is 0.334 e. The van der Waals surface area contributed by atoms with Gasteiger partial charge in [-0.15, -0.1) is 0 Å². The molecule has 0 amide bonds. The van der Waals surface area contributed by atoms with Crippen molar-refractivity contribution in [3.8, 4) is 0 Å². The summed E-state index contributed by atoms with van der Waals surface area (Å²) < 4.78 is 0. The van der Waals surface area contributed by atoms with Crippen LogP contribution < -0.4 is 5.73 Å². The molecule has 3 unspecified atom stereocenters. The third-order valence-electron chi connectivity index (χ3n) is 2.75. The number of aliphatic hydroxyl groups is 1. The standard InChI is InChI=1S/C12H17NO3/c1-2-9(8-6-4-3-5-7-8)10(13)11(14)12(15)16/h3-7,9-11,14H,2,13H2,1H3,(H,15,16). The number of hydrogen-bond acceptors (Lipinski definition) is 3. The lowest BCUT2D eigenvalue weighted by molar-refractivity contribution is -0.148. The van der Waals surface area contributed by atoms with E-state index in [4.69, 9.17) is 10.8 Å². The molecule has 0 aromatic heterocycles. The van der Waals surface area contributed by atoms with E-state index in [1.165, 1.54) is 0 Å². The number of benzene rings is 1. The zero-order chi connectivity index (χ0) is 12.1. The summed E-state index contributed by atoms with van der Waals surface area (Å²) in [6.07, 6.45) is -0.833. The first-order valence-electron chi connectivity index (χ1n) is 5.29. The predicted molar refractivity (Wildman–Crippen MR) is 61.1 cm³/mol. The third kappa shape index (κ3) is 2.81. The Labute approximate surface area is 94.7 Å². The molecular formula is C12H17NO3. The van der Waals surface area contributed by atoms with Gasteiger partial charge in [0, 0.05) is 12.0 Å². The van der Waals surface area contributed by atoms with Crippen molar-refractivity contribution in [1.82, 2.24) is 0 Å². The second-order valence-electron chi connectivity index (χ2n) is 3.79. The summed E-state index contributed by atoms with van der Waals surface area (Å²) in [6, 6.07) is 8.63. The molecule has 0 heterocycles. The van der Waals surface area contributed by atoms with Gasteiger partial charge in [-0.3, -0.25) is 0 Å². The lowest BCUT2D eigenvalue weighted by Crippen LogP contribution is -2.44. The first-order chi connectivity index (χ1) is 7.57. The highest BCUT2D eigenvalue weighted by molar-refractivity contribution is 5.73. The Morgan fingerprint density at radius 3 is 2.38 bits per heavy atom. The number of carboxylic acid groups (broad SMARTS) is 1. The SMILES string of the molecule is CCC(c1ccccc1)C(N)C(O)C(=O)O. The van der Waals surface area contributed by atoms with Gasteiger partial charge in [0.1, 0.15) is 0 Å². The van der Waals surface area contributed by atoms with Gasteiger partial charge in [0.2, 0.25) is 0 Å². The van der Waals surface area contributed by atoms with Crippen molar-refractivity contribution in [2.75, 3.05) is 0 Å². The van der Waals surface area contributed by atoms with Crippen LogP contribution in [0.15, 0.2) is 30.3 Å². The Bertz CT molecular complexity index is 339. The summed E-state index contributed by atoms with van der Waals surface area (Å²) in [5.41, 5.74) is 6.73. The van der Waals surface area contributed by atoms with Crippen molar-refractivity contribution < 1.29 is 15.0 Å². The van der Waals surface area contributed by atoms with E-state index < -0.39 is 18.1 Å². The van der Waals surface area contributed by atoms with Gasteiger partial charge in [-0.25, -0.2) is 4.79 Å². The molecule has 1 rings (SSSR count).